The lowest BCUT2D eigenvalue weighted by Gasteiger charge is -2.61. The summed E-state index contributed by atoms with van der Waals surface area (Å²) in [4.78, 5) is 0. The molecule has 0 saturated heterocycles. The molecule has 1 nitrogen and oxygen atoms in total. The van der Waals surface area contributed by atoms with Crippen LogP contribution in [-0.2, 0) is 0 Å². The molecule has 29 heavy (non-hydrogen) atoms. The second-order valence-corrected chi connectivity index (χ2v) is 12.5. The van der Waals surface area contributed by atoms with Crippen LogP contribution in [0.4, 0.5) is 0 Å². The Morgan fingerprint density at radius 3 is 2.34 bits per heavy atom. The van der Waals surface area contributed by atoms with Gasteiger partial charge in [0.15, 0.2) is 0 Å². The van der Waals surface area contributed by atoms with Gasteiger partial charge in [0.2, 0.25) is 0 Å². The molecule has 2 unspecified atom stereocenters. The molecule has 9 atom stereocenters. The van der Waals surface area contributed by atoms with Crippen LogP contribution in [-0.4, -0.2) is 11.2 Å². The summed E-state index contributed by atoms with van der Waals surface area (Å²) < 4.78 is 0. The van der Waals surface area contributed by atoms with Gasteiger partial charge in [0, 0.05) is 0 Å². The Morgan fingerprint density at radius 2 is 1.55 bits per heavy atom. The standard InChI is InChI=1S/C28H50O/c1-5-6-7-8-9-10-20(2)24-13-14-25-23-12-11-21-19-22(29)15-17-27(21,3)26(23)16-18-28(24,25)4/h20-26,29H,5-19H2,1-4H3/t20-,21?,22?,23+,24-,25+,26+,27+,28-/m1/s1. The van der Waals surface area contributed by atoms with Crippen LogP contribution in [0.5, 0.6) is 0 Å². The van der Waals surface area contributed by atoms with Crippen LogP contribution >= 0.6 is 0 Å². The molecular formula is C28H50O. The summed E-state index contributed by atoms with van der Waals surface area (Å²) in [5.74, 6) is 5.66. The van der Waals surface area contributed by atoms with Crippen LogP contribution < -0.4 is 0 Å². The van der Waals surface area contributed by atoms with Gasteiger partial charge < -0.3 is 5.11 Å². The first-order chi connectivity index (χ1) is 13.9. The molecule has 168 valence electrons. The fourth-order valence-electron chi connectivity index (χ4n) is 9.48. The van der Waals surface area contributed by atoms with E-state index in [1.807, 2.05) is 0 Å². The lowest BCUT2D eigenvalue weighted by Crippen LogP contribution is -2.54. The highest BCUT2D eigenvalue weighted by atomic mass is 16.3. The molecule has 0 aromatic carbocycles. The lowest BCUT2D eigenvalue weighted by atomic mass is 9.44. The van der Waals surface area contributed by atoms with E-state index >= 15 is 0 Å². The number of aliphatic hydroxyl groups is 1. The van der Waals surface area contributed by atoms with Crippen LogP contribution in [0.2, 0.25) is 0 Å². The molecular weight excluding hydrogens is 352 g/mol. The summed E-state index contributed by atoms with van der Waals surface area (Å²) >= 11 is 0. The molecule has 0 aromatic rings. The van der Waals surface area contributed by atoms with Crippen molar-refractivity contribution in [2.45, 2.75) is 130 Å². The summed E-state index contributed by atoms with van der Waals surface area (Å²) in [5.41, 5.74) is 1.16. The molecule has 4 aliphatic rings. The zero-order valence-corrected chi connectivity index (χ0v) is 20.1. The largest absolute Gasteiger partial charge is 0.393 e. The zero-order chi connectivity index (χ0) is 20.6. The Kier molecular flexibility index (Phi) is 6.75. The molecule has 1 N–H and O–H groups in total. The number of unbranched alkanes of at least 4 members (excludes halogenated alkanes) is 4. The molecule has 4 fully saturated rings. The molecule has 0 aromatic heterocycles. The van der Waals surface area contributed by atoms with Gasteiger partial charge in [0.1, 0.15) is 0 Å². The van der Waals surface area contributed by atoms with Crippen LogP contribution in [0.3, 0.4) is 0 Å². The van der Waals surface area contributed by atoms with Crippen molar-refractivity contribution >= 4 is 0 Å². The maximum atomic E-state index is 10.3. The Labute approximate surface area is 181 Å². The van der Waals surface area contributed by atoms with Crippen LogP contribution in [0.15, 0.2) is 0 Å². The highest BCUT2D eigenvalue weighted by molar-refractivity contribution is 5.09. The van der Waals surface area contributed by atoms with Gasteiger partial charge >= 0.3 is 0 Å². The summed E-state index contributed by atoms with van der Waals surface area (Å²) in [6, 6.07) is 0. The third-order valence-corrected chi connectivity index (χ3v) is 11.2. The molecule has 4 aliphatic carbocycles. The van der Waals surface area contributed by atoms with Crippen molar-refractivity contribution in [1.29, 1.82) is 0 Å². The normalized spacial score (nSPS) is 47.9. The Balaban J connectivity index is 1.41. The van der Waals surface area contributed by atoms with Crippen molar-refractivity contribution in [3.63, 3.8) is 0 Å². The first kappa shape index (κ1) is 22.2. The van der Waals surface area contributed by atoms with E-state index in [0.29, 0.717) is 10.8 Å². The minimum atomic E-state index is -0.00693. The zero-order valence-electron chi connectivity index (χ0n) is 20.1. The monoisotopic (exact) mass is 402 g/mol. The predicted octanol–water partition coefficient (Wildman–Crippen LogP) is 8.00. The summed E-state index contributed by atoms with van der Waals surface area (Å²) in [5, 5.41) is 10.3. The SMILES string of the molecule is CCCCCCC[C@@H](C)[C@H]1CC[C@H]2[C@@H]3CCC4CC(O)CC[C@]4(C)[C@H]3CC[C@]12C. The number of rotatable bonds is 7. The van der Waals surface area contributed by atoms with Crippen molar-refractivity contribution in [3.8, 4) is 0 Å². The Morgan fingerprint density at radius 1 is 0.828 bits per heavy atom. The number of aliphatic hydroxyl groups excluding tert-OH is 1. The van der Waals surface area contributed by atoms with Gasteiger partial charge in [0.25, 0.3) is 0 Å². The van der Waals surface area contributed by atoms with Crippen LogP contribution in [0, 0.1) is 46.3 Å². The molecule has 0 aliphatic heterocycles. The summed E-state index contributed by atoms with van der Waals surface area (Å²) in [7, 11) is 0. The van der Waals surface area contributed by atoms with Crippen molar-refractivity contribution in [3.05, 3.63) is 0 Å². The maximum Gasteiger partial charge on any atom is 0.0543 e. The molecule has 0 amide bonds. The second-order valence-electron chi connectivity index (χ2n) is 12.5. The third-order valence-electron chi connectivity index (χ3n) is 11.2. The highest BCUT2D eigenvalue weighted by Gasteiger charge is 2.60. The van der Waals surface area contributed by atoms with E-state index in [2.05, 4.69) is 27.7 Å². The van der Waals surface area contributed by atoms with Crippen molar-refractivity contribution in [2.24, 2.45) is 46.3 Å². The first-order valence-corrected chi connectivity index (χ1v) is 13.6. The first-order valence-electron chi connectivity index (χ1n) is 13.6. The Hall–Kier alpha value is -0.0400. The van der Waals surface area contributed by atoms with E-state index < -0.39 is 0 Å². The van der Waals surface area contributed by atoms with E-state index in [1.54, 1.807) is 0 Å². The van der Waals surface area contributed by atoms with E-state index in [0.717, 1.165) is 48.3 Å². The van der Waals surface area contributed by atoms with Crippen molar-refractivity contribution in [2.75, 3.05) is 0 Å². The molecule has 1 heteroatoms. The number of hydrogen-bond donors (Lipinski definition) is 1. The molecule has 0 heterocycles. The number of fused-ring (bicyclic) bond motifs is 5. The predicted molar refractivity (Wildman–Crippen MR) is 124 cm³/mol. The van der Waals surface area contributed by atoms with Gasteiger partial charge in [-0.2, -0.15) is 0 Å². The van der Waals surface area contributed by atoms with Gasteiger partial charge in [-0.05, 0) is 104 Å². The van der Waals surface area contributed by atoms with Crippen molar-refractivity contribution in [1.82, 2.24) is 0 Å². The maximum absolute atomic E-state index is 10.3. The van der Waals surface area contributed by atoms with Gasteiger partial charge in [-0.3, -0.25) is 0 Å². The van der Waals surface area contributed by atoms with Crippen LogP contribution in [0.25, 0.3) is 0 Å². The smallest absolute Gasteiger partial charge is 0.0543 e. The fraction of sp³-hybridized carbons (Fsp3) is 1.00. The topological polar surface area (TPSA) is 20.2 Å². The van der Waals surface area contributed by atoms with E-state index in [4.69, 9.17) is 0 Å². The molecule has 0 radical (unpaired) electrons. The minimum absolute atomic E-state index is 0.00693. The second kappa shape index (κ2) is 8.84. The minimum Gasteiger partial charge on any atom is -0.393 e. The fourth-order valence-corrected chi connectivity index (χ4v) is 9.48. The van der Waals surface area contributed by atoms with E-state index in [1.165, 1.54) is 83.5 Å². The molecule has 4 rings (SSSR count). The van der Waals surface area contributed by atoms with Gasteiger partial charge in [0.05, 0.1) is 6.10 Å². The third kappa shape index (κ3) is 3.96. The summed E-state index contributed by atoms with van der Waals surface area (Å²) in [6.45, 7) is 10.3. The van der Waals surface area contributed by atoms with E-state index in [9.17, 15) is 5.11 Å². The van der Waals surface area contributed by atoms with Gasteiger partial charge in [-0.1, -0.05) is 66.2 Å². The number of hydrogen-bond acceptors (Lipinski definition) is 1. The lowest BCUT2D eigenvalue weighted by molar-refractivity contribution is -0.129. The average molecular weight is 403 g/mol. The molecule has 4 saturated carbocycles. The van der Waals surface area contributed by atoms with E-state index in [-0.39, 0.29) is 6.10 Å². The van der Waals surface area contributed by atoms with Gasteiger partial charge in [-0.25, -0.2) is 0 Å². The average Bonchev–Trinajstić information content (AvgIpc) is 3.05. The molecule has 0 spiro atoms. The van der Waals surface area contributed by atoms with Crippen LogP contribution in [0.1, 0.15) is 124 Å². The van der Waals surface area contributed by atoms with Crippen molar-refractivity contribution < 1.29 is 5.11 Å². The van der Waals surface area contributed by atoms with Gasteiger partial charge in [-0.15, -0.1) is 0 Å². The molecule has 0 bridgehead atoms. The highest BCUT2D eigenvalue weighted by Crippen LogP contribution is 2.68. The summed E-state index contributed by atoms with van der Waals surface area (Å²) in [6.07, 6.45) is 21.0. The quantitative estimate of drug-likeness (QED) is 0.428. The Bertz CT molecular complexity index is 542.